The predicted octanol–water partition coefficient (Wildman–Crippen LogP) is 1.90. The maximum Gasteiger partial charge on any atom is 0.255 e. The van der Waals surface area contributed by atoms with E-state index in [4.69, 9.17) is 22.1 Å². The third-order valence-electron chi connectivity index (χ3n) is 4.66. The number of nitrogens with one attached hydrogen (secondary N) is 1. The number of rotatable bonds is 3. The molecule has 0 atom stereocenters. The molecule has 0 spiro atoms. The molecule has 3 heterocycles. The highest BCUT2D eigenvalue weighted by atomic mass is 35.5. The number of ether oxygens (including phenoxy) is 1. The smallest absolute Gasteiger partial charge is 0.255 e. The van der Waals surface area contributed by atoms with E-state index in [1.165, 1.54) is 7.11 Å². The van der Waals surface area contributed by atoms with E-state index in [0.717, 1.165) is 38.9 Å². The molecule has 1 amide bonds. The minimum absolute atomic E-state index is 0.0787. The number of hydrogen-bond acceptors (Lipinski definition) is 4. The van der Waals surface area contributed by atoms with Crippen molar-refractivity contribution < 1.29 is 9.53 Å². The molecule has 3 aliphatic rings. The third kappa shape index (κ3) is 2.68. The molecule has 0 aromatic heterocycles. The Morgan fingerprint density at radius 3 is 2.52 bits per heavy atom. The van der Waals surface area contributed by atoms with Gasteiger partial charge in [-0.05, 0) is 25.3 Å². The second-order valence-electron chi connectivity index (χ2n) is 5.90. The van der Waals surface area contributed by atoms with Crippen LogP contribution in [0.3, 0.4) is 0 Å². The van der Waals surface area contributed by atoms with Gasteiger partial charge in [0.05, 0.1) is 23.4 Å². The van der Waals surface area contributed by atoms with Crippen LogP contribution < -0.4 is 15.8 Å². The quantitative estimate of drug-likeness (QED) is 0.837. The van der Waals surface area contributed by atoms with Crippen molar-refractivity contribution in [3.8, 4) is 5.75 Å². The Kier molecular flexibility index (Phi) is 3.71. The number of nitrogens with two attached hydrogens (primary N) is 1. The van der Waals surface area contributed by atoms with Crippen LogP contribution in [0.5, 0.6) is 5.75 Å². The summed E-state index contributed by atoms with van der Waals surface area (Å²) < 4.78 is 5.26. The second kappa shape index (κ2) is 5.39. The van der Waals surface area contributed by atoms with E-state index in [1.807, 2.05) is 0 Å². The number of hydrogen-bond donors (Lipinski definition) is 2. The molecule has 0 aliphatic carbocycles. The van der Waals surface area contributed by atoms with Crippen molar-refractivity contribution in [3.05, 3.63) is 22.7 Å². The van der Waals surface area contributed by atoms with E-state index in [1.54, 1.807) is 12.1 Å². The van der Waals surface area contributed by atoms with Crippen LogP contribution >= 0.6 is 11.6 Å². The van der Waals surface area contributed by atoms with Crippen LogP contribution in [0.15, 0.2) is 12.1 Å². The van der Waals surface area contributed by atoms with E-state index in [2.05, 4.69) is 10.2 Å². The van der Waals surface area contributed by atoms with Crippen molar-refractivity contribution in [1.82, 2.24) is 10.2 Å². The van der Waals surface area contributed by atoms with Crippen LogP contribution in [-0.4, -0.2) is 43.1 Å². The molecule has 2 bridgehead atoms. The summed E-state index contributed by atoms with van der Waals surface area (Å²) in [6, 6.07) is 3.18. The molecule has 3 saturated heterocycles. The van der Waals surface area contributed by atoms with Crippen molar-refractivity contribution >= 4 is 23.2 Å². The molecule has 21 heavy (non-hydrogen) atoms. The van der Waals surface area contributed by atoms with Crippen molar-refractivity contribution in [2.75, 3.05) is 32.5 Å². The van der Waals surface area contributed by atoms with E-state index in [0.29, 0.717) is 22.0 Å². The molecular formula is C15H20ClN3O2. The van der Waals surface area contributed by atoms with Gasteiger partial charge in [0, 0.05) is 31.2 Å². The largest absolute Gasteiger partial charge is 0.496 e. The van der Waals surface area contributed by atoms with Gasteiger partial charge in [0.15, 0.2) is 0 Å². The predicted molar refractivity (Wildman–Crippen MR) is 82.9 cm³/mol. The molecule has 0 saturated carbocycles. The van der Waals surface area contributed by atoms with Crippen LogP contribution in [0.4, 0.5) is 5.69 Å². The first kappa shape index (κ1) is 14.5. The molecule has 1 aromatic carbocycles. The first-order valence-corrected chi connectivity index (χ1v) is 7.59. The Morgan fingerprint density at radius 1 is 1.33 bits per heavy atom. The lowest BCUT2D eigenvalue weighted by Crippen LogP contribution is -2.61. The Hall–Kier alpha value is -1.46. The van der Waals surface area contributed by atoms with E-state index in [9.17, 15) is 4.79 Å². The molecular weight excluding hydrogens is 290 g/mol. The number of carbonyl (C=O) groups is 1. The van der Waals surface area contributed by atoms with Crippen molar-refractivity contribution in [2.24, 2.45) is 0 Å². The van der Waals surface area contributed by atoms with Crippen LogP contribution in [0, 0.1) is 0 Å². The number of benzene rings is 1. The molecule has 0 unspecified atom stereocenters. The molecule has 3 aliphatic heterocycles. The first-order chi connectivity index (χ1) is 10.0. The lowest BCUT2D eigenvalue weighted by Gasteiger charge is -2.48. The highest BCUT2D eigenvalue weighted by Crippen LogP contribution is 2.34. The molecule has 4 rings (SSSR count). The summed E-state index contributed by atoms with van der Waals surface area (Å²) in [6.07, 6.45) is 3.01. The summed E-state index contributed by atoms with van der Waals surface area (Å²) in [6.45, 7) is 3.17. The fourth-order valence-corrected chi connectivity index (χ4v) is 3.40. The lowest BCUT2D eigenvalue weighted by atomic mass is 9.80. The maximum atomic E-state index is 12.6. The number of amides is 1. The fraction of sp³-hybridized carbons (Fsp3) is 0.533. The van der Waals surface area contributed by atoms with Crippen LogP contribution in [0.1, 0.15) is 29.6 Å². The van der Waals surface area contributed by atoms with E-state index < -0.39 is 0 Å². The number of piperidine rings is 3. The lowest BCUT2D eigenvalue weighted by molar-refractivity contribution is 0.0514. The Bertz CT molecular complexity index is 555. The van der Waals surface area contributed by atoms with Gasteiger partial charge in [0.2, 0.25) is 0 Å². The molecule has 6 heteroatoms. The summed E-state index contributed by atoms with van der Waals surface area (Å²) in [4.78, 5) is 15.1. The summed E-state index contributed by atoms with van der Waals surface area (Å²) >= 11 is 6.04. The number of carbonyl (C=O) groups excluding carboxylic acids is 1. The van der Waals surface area contributed by atoms with E-state index >= 15 is 0 Å². The fourth-order valence-electron chi connectivity index (χ4n) is 3.24. The molecule has 0 radical (unpaired) electrons. The summed E-state index contributed by atoms with van der Waals surface area (Å²) in [5.74, 6) is 0.322. The van der Waals surface area contributed by atoms with Gasteiger partial charge in [-0.15, -0.1) is 0 Å². The average Bonchev–Trinajstić information content (AvgIpc) is 2.50. The number of nitrogens with zero attached hydrogens (tertiary/aromatic N) is 1. The van der Waals surface area contributed by atoms with Crippen LogP contribution in [-0.2, 0) is 0 Å². The molecule has 1 aromatic rings. The zero-order chi connectivity index (χ0) is 15.0. The molecule has 3 N–H and O–H groups in total. The summed E-state index contributed by atoms with van der Waals surface area (Å²) in [5.41, 5.74) is 6.54. The van der Waals surface area contributed by atoms with Gasteiger partial charge in [0.25, 0.3) is 5.91 Å². The average molecular weight is 310 g/mol. The van der Waals surface area contributed by atoms with Gasteiger partial charge in [-0.2, -0.15) is 0 Å². The van der Waals surface area contributed by atoms with Gasteiger partial charge in [-0.3, -0.25) is 4.79 Å². The highest BCUT2D eigenvalue weighted by Gasteiger charge is 2.40. The van der Waals surface area contributed by atoms with Gasteiger partial charge >= 0.3 is 0 Å². The first-order valence-electron chi connectivity index (χ1n) is 7.21. The molecule has 5 nitrogen and oxygen atoms in total. The van der Waals surface area contributed by atoms with Crippen molar-refractivity contribution in [2.45, 2.75) is 24.8 Å². The maximum absolute atomic E-state index is 12.6. The third-order valence-corrected chi connectivity index (χ3v) is 4.99. The van der Waals surface area contributed by atoms with Gasteiger partial charge < -0.3 is 20.7 Å². The van der Waals surface area contributed by atoms with Gasteiger partial charge in [0.1, 0.15) is 5.75 Å². The van der Waals surface area contributed by atoms with E-state index in [-0.39, 0.29) is 11.4 Å². The Labute approximate surface area is 129 Å². The topological polar surface area (TPSA) is 67.6 Å². The van der Waals surface area contributed by atoms with Crippen LogP contribution in [0.25, 0.3) is 0 Å². The number of anilines is 1. The zero-order valence-corrected chi connectivity index (χ0v) is 12.9. The monoisotopic (exact) mass is 309 g/mol. The van der Waals surface area contributed by atoms with Crippen LogP contribution in [0.2, 0.25) is 5.02 Å². The summed E-state index contributed by atoms with van der Waals surface area (Å²) in [5, 5.41) is 3.58. The minimum atomic E-state index is -0.135. The zero-order valence-electron chi connectivity index (χ0n) is 12.1. The SMILES string of the molecule is COc1cc(N)c(Cl)cc1C(=O)NC12CCN(CC1)CC2. The Morgan fingerprint density at radius 2 is 1.95 bits per heavy atom. The molecule has 3 fully saturated rings. The number of methoxy groups -OCH3 is 1. The molecule has 114 valence electrons. The number of nitrogen functional groups attached to an aromatic ring is 1. The standard InChI is InChI=1S/C15H20ClN3O2/c1-21-13-9-12(17)11(16)8-10(13)14(20)18-15-2-5-19(6-3-15)7-4-15/h8-9H,2-7,17H2,1H3,(H,18,20). The van der Waals surface area contributed by atoms with Gasteiger partial charge in [-0.1, -0.05) is 11.6 Å². The van der Waals surface area contributed by atoms with Gasteiger partial charge in [-0.25, -0.2) is 0 Å². The minimum Gasteiger partial charge on any atom is -0.496 e. The number of halogens is 1. The Balaban J connectivity index is 1.83. The second-order valence-corrected chi connectivity index (χ2v) is 6.31. The summed E-state index contributed by atoms with van der Waals surface area (Å²) in [7, 11) is 1.52. The number of fused-ring (bicyclic) bond motifs is 3. The van der Waals surface area contributed by atoms with Crippen molar-refractivity contribution in [1.29, 1.82) is 0 Å². The normalized spacial score (nSPS) is 27.4. The highest BCUT2D eigenvalue weighted by molar-refractivity contribution is 6.33. The van der Waals surface area contributed by atoms with Crippen molar-refractivity contribution in [3.63, 3.8) is 0 Å².